The van der Waals surface area contributed by atoms with E-state index in [-0.39, 0.29) is 21.9 Å². The Morgan fingerprint density at radius 1 is 1.15 bits per heavy atom. The number of ether oxygens (including phenoxy) is 1. The molecule has 2 aromatic carbocycles. The monoisotopic (exact) mass is 384 g/mol. The normalized spacial score (nSPS) is 11.5. The topological polar surface area (TPSA) is 84.5 Å². The summed E-state index contributed by atoms with van der Waals surface area (Å²) in [7, 11) is -2.49. The van der Waals surface area contributed by atoms with Gasteiger partial charge in [-0.1, -0.05) is 12.1 Å². The molecule has 0 bridgehead atoms. The first kappa shape index (κ1) is 19.8. The number of nitrogens with one attached hydrogen (secondary N) is 2. The van der Waals surface area contributed by atoms with Gasteiger partial charge in [0.25, 0.3) is 5.91 Å². The Labute approximate surface area is 150 Å². The summed E-state index contributed by atoms with van der Waals surface area (Å²) in [5, 5.41) is 2.46. The molecular formula is C17H18F2N2O4S. The summed E-state index contributed by atoms with van der Waals surface area (Å²) in [6.07, 6.45) is 0. The van der Waals surface area contributed by atoms with Crippen molar-refractivity contribution in [3.05, 3.63) is 53.1 Å². The second-order valence-electron chi connectivity index (χ2n) is 5.45. The van der Waals surface area contributed by atoms with Gasteiger partial charge in [0.2, 0.25) is 10.0 Å². The maximum atomic E-state index is 12.5. The summed E-state index contributed by atoms with van der Waals surface area (Å²) < 4.78 is 55.8. The van der Waals surface area contributed by atoms with E-state index in [1.165, 1.54) is 37.4 Å². The number of carbonyl (C=O) groups is 1. The number of alkyl halides is 2. The zero-order valence-electron chi connectivity index (χ0n) is 14.3. The number of benzene rings is 2. The Hall–Kier alpha value is -2.52. The summed E-state index contributed by atoms with van der Waals surface area (Å²) in [5.74, 6) is -0.839. The van der Waals surface area contributed by atoms with Crippen LogP contribution < -0.4 is 14.8 Å². The maximum Gasteiger partial charge on any atom is 0.387 e. The molecule has 1 amide bonds. The van der Waals surface area contributed by atoms with Crippen LogP contribution in [-0.4, -0.2) is 28.0 Å². The van der Waals surface area contributed by atoms with E-state index in [1.54, 1.807) is 19.9 Å². The summed E-state index contributed by atoms with van der Waals surface area (Å²) >= 11 is 0. The minimum atomic E-state index is -3.76. The van der Waals surface area contributed by atoms with Crippen LogP contribution in [0.15, 0.2) is 41.3 Å². The van der Waals surface area contributed by atoms with Crippen LogP contribution in [0.3, 0.4) is 0 Å². The predicted molar refractivity (Wildman–Crippen MR) is 93.2 cm³/mol. The fourth-order valence-electron chi connectivity index (χ4n) is 2.31. The first-order valence-corrected chi connectivity index (χ1v) is 9.04. The van der Waals surface area contributed by atoms with Gasteiger partial charge in [0.1, 0.15) is 5.75 Å². The fourth-order valence-corrected chi connectivity index (χ4v) is 3.38. The van der Waals surface area contributed by atoms with Gasteiger partial charge in [0.05, 0.1) is 10.6 Å². The SMILES string of the molecule is CNS(=O)(=O)c1cc(C(=O)Nc2ccccc2OC(F)F)cc(C)c1C. The Morgan fingerprint density at radius 3 is 2.42 bits per heavy atom. The van der Waals surface area contributed by atoms with Crippen molar-refractivity contribution in [1.29, 1.82) is 0 Å². The third-order valence-corrected chi connectivity index (χ3v) is 5.33. The molecule has 0 heterocycles. The number of carbonyl (C=O) groups excluding carboxylic acids is 1. The highest BCUT2D eigenvalue weighted by Crippen LogP contribution is 2.27. The third-order valence-electron chi connectivity index (χ3n) is 3.79. The van der Waals surface area contributed by atoms with Crippen LogP contribution in [0.25, 0.3) is 0 Å². The lowest BCUT2D eigenvalue weighted by molar-refractivity contribution is -0.0493. The van der Waals surface area contributed by atoms with E-state index in [9.17, 15) is 22.0 Å². The van der Waals surface area contributed by atoms with Gasteiger partial charge in [-0.3, -0.25) is 4.79 Å². The third kappa shape index (κ3) is 4.36. The molecule has 0 fully saturated rings. The van der Waals surface area contributed by atoms with Crippen molar-refractivity contribution < 1.29 is 26.7 Å². The molecule has 0 radical (unpaired) electrons. The molecule has 2 rings (SSSR count). The molecule has 0 aliphatic rings. The van der Waals surface area contributed by atoms with E-state index in [1.807, 2.05) is 0 Å². The van der Waals surface area contributed by atoms with E-state index >= 15 is 0 Å². The molecule has 0 unspecified atom stereocenters. The Morgan fingerprint density at radius 2 is 1.81 bits per heavy atom. The lowest BCUT2D eigenvalue weighted by Gasteiger charge is -2.14. The molecule has 2 aromatic rings. The summed E-state index contributed by atoms with van der Waals surface area (Å²) in [6, 6.07) is 8.49. The Balaban J connectivity index is 2.40. The summed E-state index contributed by atoms with van der Waals surface area (Å²) in [4.78, 5) is 12.5. The fraction of sp³-hybridized carbons (Fsp3) is 0.235. The highest BCUT2D eigenvalue weighted by molar-refractivity contribution is 7.89. The quantitative estimate of drug-likeness (QED) is 0.802. The van der Waals surface area contributed by atoms with Gasteiger partial charge in [-0.2, -0.15) is 8.78 Å². The summed E-state index contributed by atoms with van der Waals surface area (Å²) in [6.45, 7) is 0.267. The Bertz CT molecular complexity index is 930. The molecule has 6 nitrogen and oxygen atoms in total. The van der Waals surface area contributed by atoms with Crippen LogP contribution in [0.4, 0.5) is 14.5 Å². The second kappa shape index (κ2) is 7.79. The van der Waals surface area contributed by atoms with E-state index < -0.39 is 22.5 Å². The van der Waals surface area contributed by atoms with Crippen molar-refractivity contribution >= 4 is 21.6 Å². The lowest BCUT2D eigenvalue weighted by Crippen LogP contribution is -2.21. The molecule has 2 N–H and O–H groups in total. The highest BCUT2D eigenvalue weighted by atomic mass is 32.2. The number of rotatable bonds is 6. The van der Waals surface area contributed by atoms with Crippen LogP contribution >= 0.6 is 0 Å². The van der Waals surface area contributed by atoms with Crippen LogP contribution in [0.5, 0.6) is 5.75 Å². The van der Waals surface area contributed by atoms with Gasteiger partial charge < -0.3 is 10.1 Å². The average molecular weight is 384 g/mol. The molecule has 0 saturated carbocycles. The molecule has 0 atom stereocenters. The van der Waals surface area contributed by atoms with Gasteiger partial charge in [-0.05, 0) is 56.3 Å². The van der Waals surface area contributed by atoms with E-state index in [0.717, 1.165) is 0 Å². The largest absolute Gasteiger partial charge is 0.433 e. The first-order valence-electron chi connectivity index (χ1n) is 7.55. The zero-order valence-corrected chi connectivity index (χ0v) is 15.2. The second-order valence-corrected chi connectivity index (χ2v) is 7.31. The van der Waals surface area contributed by atoms with E-state index in [0.29, 0.717) is 11.1 Å². The van der Waals surface area contributed by atoms with Crippen LogP contribution in [-0.2, 0) is 10.0 Å². The Kier molecular flexibility index (Phi) is 5.94. The molecular weight excluding hydrogens is 366 g/mol. The van der Waals surface area contributed by atoms with Crippen molar-refractivity contribution in [2.24, 2.45) is 0 Å². The van der Waals surface area contributed by atoms with Crippen LogP contribution in [0.1, 0.15) is 21.5 Å². The van der Waals surface area contributed by atoms with Crippen molar-refractivity contribution in [3.8, 4) is 5.75 Å². The average Bonchev–Trinajstić information content (AvgIpc) is 2.58. The number of amides is 1. The predicted octanol–water partition coefficient (Wildman–Crippen LogP) is 3.07. The molecule has 26 heavy (non-hydrogen) atoms. The molecule has 0 aliphatic carbocycles. The van der Waals surface area contributed by atoms with Crippen LogP contribution in [0.2, 0.25) is 0 Å². The molecule has 0 saturated heterocycles. The zero-order chi connectivity index (χ0) is 19.5. The van der Waals surface area contributed by atoms with Gasteiger partial charge in [0.15, 0.2) is 0 Å². The lowest BCUT2D eigenvalue weighted by atomic mass is 10.1. The summed E-state index contributed by atoms with van der Waals surface area (Å²) in [5.41, 5.74) is 1.24. The number of anilines is 1. The molecule has 9 heteroatoms. The molecule has 0 aromatic heterocycles. The van der Waals surface area contributed by atoms with Crippen LogP contribution in [0, 0.1) is 13.8 Å². The van der Waals surface area contributed by atoms with Crippen molar-refractivity contribution in [3.63, 3.8) is 0 Å². The first-order chi connectivity index (χ1) is 12.2. The standard InChI is InChI=1S/C17H18F2N2O4S/c1-10-8-12(9-15(11(10)2)26(23,24)20-3)16(22)21-13-6-4-5-7-14(13)25-17(18)19/h4-9,17,20H,1-3H3,(H,21,22). The maximum absolute atomic E-state index is 12.5. The number of halogens is 2. The smallest absolute Gasteiger partial charge is 0.387 e. The number of hydrogen-bond acceptors (Lipinski definition) is 4. The van der Waals surface area contributed by atoms with Crippen molar-refractivity contribution in [2.45, 2.75) is 25.4 Å². The molecule has 0 spiro atoms. The van der Waals surface area contributed by atoms with Crippen molar-refractivity contribution in [2.75, 3.05) is 12.4 Å². The molecule has 140 valence electrons. The van der Waals surface area contributed by atoms with Gasteiger partial charge in [-0.25, -0.2) is 13.1 Å². The highest BCUT2D eigenvalue weighted by Gasteiger charge is 2.20. The van der Waals surface area contributed by atoms with Gasteiger partial charge in [-0.15, -0.1) is 0 Å². The van der Waals surface area contributed by atoms with Gasteiger partial charge in [0, 0.05) is 5.56 Å². The van der Waals surface area contributed by atoms with Crippen molar-refractivity contribution in [1.82, 2.24) is 4.72 Å². The number of para-hydroxylation sites is 2. The number of aryl methyl sites for hydroxylation is 1. The van der Waals surface area contributed by atoms with E-state index in [4.69, 9.17) is 0 Å². The number of hydrogen-bond donors (Lipinski definition) is 2. The minimum Gasteiger partial charge on any atom is -0.433 e. The van der Waals surface area contributed by atoms with E-state index in [2.05, 4.69) is 14.8 Å². The number of sulfonamides is 1. The van der Waals surface area contributed by atoms with Gasteiger partial charge >= 0.3 is 6.61 Å². The minimum absolute atomic E-state index is 0.0257. The molecule has 0 aliphatic heterocycles.